The van der Waals surface area contributed by atoms with Crippen LogP contribution in [0.15, 0.2) is 65.8 Å². The Bertz CT molecular complexity index is 1230. The number of methoxy groups -OCH3 is 1. The molecule has 4 rings (SSSR count). The van der Waals surface area contributed by atoms with E-state index >= 15 is 0 Å². The van der Waals surface area contributed by atoms with Crippen LogP contribution in [-0.2, 0) is 11.3 Å². The molecule has 0 fully saturated rings. The highest BCUT2D eigenvalue weighted by molar-refractivity contribution is 7.99. The number of halogens is 1. The summed E-state index contributed by atoms with van der Waals surface area (Å²) < 4.78 is 19.6. The topological polar surface area (TPSA) is 55.3 Å². The number of thiazole rings is 1. The summed E-state index contributed by atoms with van der Waals surface area (Å²) in [7, 11) is 1.63. The van der Waals surface area contributed by atoms with E-state index in [1.54, 1.807) is 48.3 Å². The van der Waals surface area contributed by atoms with Crippen LogP contribution in [0.2, 0.25) is 0 Å². The maximum absolute atomic E-state index is 13.3. The number of hydrogen-bond acceptors (Lipinski definition) is 6. The zero-order chi connectivity index (χ0) is 23.2. The highest BCUT2D eigenvalue weighted by Gasteiger charge is 2.22. The van der Waals surface area contributed by atoms with E-state index in [0.717, 1.165) is 32.0 Å². The van der Waals surface area contributed by atoms with Gasteiger partial charge >= 0.3 is 0 Å². The fourth-order valence-electron chi connectivity index (χ4n) is 3.39. The van der Waals surface area contributed by atoms with Gasteiger partial charge in [-0.25, -0.2) is 9.37 Å². The van der Waals surface area contributed by atoms with E-state index in [0.29, 0.717) is 30.3 Å². The number of carbonyl (C=O) groups excluding carboxylic acids is 1. The molecule has 0 saturated carbocycles. The lowest BCUT2D eigenvalue weighted by Crippen LogP contribution is -2.30. The lowest BCUT2D eigenvalue weighted by molar-refractivity contribution is -0.118. The number of pyridine rings is 1. The lowest BCUT2D eigenvalue weighted by atomic mass is 10.2. The van der Waals surface area contributed by atoms with Crippen LogP contribution in [-0.4, -0.2) is 28.7 Å². The summed E-state index contributed by atoms with van der Waals surface area (Å²) in [4.78, 5) is 24.9. The summed E-state index contributed by atoms with van der Waals surface area (Å²) in [5, 5.41) is 0.658. The smallest absolute Gasteiger partial charge is 0.229 e. The standard InChI is InChI=1S/C25H24FN3O2S2/c1-17-5-10-21(31-2)23-24(17)33-25(28-23)29(16-18-11-13-27-14-12-18)22(30)4-3-15-32-20-8-6-19(26)7-9-20/h5-14H,3-4,15-16H2,1-2H3. The lowest BCUT2D eigenvalue weighted by Gasteiger charge is -2.20. The van der Waals surface area contributed by atoms with Gasteiger partial charge in [0.2, 0.25) is 5.91 Å². The molecule has 0 aliphatic carbocycles. The molecule has 0 aliphatic heterocycles. The molecule has 0 spiro atoms. The van der Waals surface area contributed by atoms with Crippen LogP contribution in [0.1, 0.15) is 24.0 Å². The van der Waals surface area contributed by atoms with Gasteiger partial charge in [-0.3, -0.25) is 14.7 Å². The average molecular weight is 482 g/mol. The van der Waals surface area contributed by atoms with Crippen molar-refractivity contribution in [1.29, 1.82) is 0 Å². The van der Waals surface area contributed by atoms with E-state index in [1.807, 2.05) is 31.2 Å². The third-order valence-electron chi connectivity index (χ3n) is 5.15. The van der Waals surface area contributed by atoms with Gasteiger partial charge in [0.1, 0.15) is 17.1 Å². The summed E-state index contributed by atoms with van der Waals surface area (Å²) in [6.07, 6.45) is 4.55. The van der Waals surface area contributed by atoms with Crippen molar-refractivity contribution >= 4 is 44.4 Å². The van der Waals surface area contributed by atoms with E-state index in [9.17, 15) is 9.18 Å². The van der Waals surface area contributed by atoms with Gasteiger partial charge in [-0.15, -0.1) is 11.8 Å². The number of thioether (sulfide) groups is 1. The molecule has 2 heterocycles. The van der Waals surface area contributed by atoms with Crippen LogP contribution < -0.4 is 9.64 Å². The largest absolute Gasteiger partial charge is 0.494 e. The number of nitrogens with zero attached hydrogens (tertiary/aromatic N) is 3. The van der Waals surface area contributed by atoms with Crippen molar-refractivity contribution in [1.82, 2.24) is 9.97 Å². The number of hydrogen-bond donors (Lipinski definition) is 0. The second-order valence-electron chi connectivity index (χ2n) is 7.50. The molecule has 0 atom stereocenters. The number of benzene rings is 2. The van der Waals surface area contributed by atoms with Crippen molar-refractivity contribution in [3.05, 3.63) is 77.9 Å². The molecule has 4 aromatic rings. The highest BCUT2D eigenvalue weighted by Crippen LogP contribution is 2.37. The monoisotopic (exact) mass is 481 g/mol. The van der Waals surface area contributed by atoms with Crippen molar-refractivity contribution in [2.24, 2.45) is 0 Å². The molecule has 170 valence electrons. The summed E-state index contributed by atoms with van der Waals surface area (Å²) in [5.74, 6) is 1.24. The van der Waals surface area contributed by atoms with Crippen LogP contribution in [0, 0.1) is 12.7 Å². The van der Waals surface area contributed by atoms with Gasteiger partial charge in [-0.1, -0.05) is 17.4 Å². The van der Waals surface area contributed by atoms with Crippen molar-refractivity contribution in [3.63, 3.8) is 0 Å². The zero-order valence-corrected chi connectivity index (χ0v) is 20.1. The summed E-state index contributed by atoms with van der Waals surface area (Å²) in [6, 6.07) is 14.1. The molecule has 1 amide bonds. The SMILES string of the molecule is COc1ccc(C)c2sc(N(Cc3ccncc3)C(=O)CCCSc3ccc(F)cc3)nc12. The van der Waals surface area contributed by atoms with Gasteiger partial charge in [0, 0.05) is 23.7 Å². The maximum atomic E-state index is 13.3. The normalized spacial score (nSPS) is 11.0. The molecular formula is C25H24FN3O2S2. The molecular weight excluding hydrogens is 457 g/mol. The quantitative estimate of drug-likeness (QED) is 0.209. The molecule has 2 aromatic heterocycles. The molecule has 0 bridgehead atoms. The van der Waals surface area contributed by atoms with E-state index in [-0.39, 0.29) is 11.7 Å². The number of fused-ring (bicyclic) bond motifs is 1. The minimum atomic E-state index is -0.246. The number of anilines is 1. The average Bonchev–Trinajstić information content (AvgIpc) is 3.28. The van der Waals surface area contributed by atoms with Crippen molar-refractivity contribution in [2.75, 3.05) is 17.8 Å². The Kier molecular flexibility index (Phi) is 7.57. The molecule has 8 heteroatoms. The predicted octanol–water partition coefficient (Wildman–Crippen LogP) is 6.25. The molecule has 0 aliphatic rings. The van der Waals surface area contributed by atoms with Crippen molar-refractivity contribution < 1.29 is 13.9 Å². The first-order chi connectivity index (χ1) is 16.0. The van der Waals surface area contributed by atoms with Crippen LogP contribution >= 0.6 is 23.1 Å². The molecule has 0 unspecified atom stereocenters. The Hall–Kier alpha value is -2.97. The number of ether oxygens (including phenoxy) is 1. The first-order valence-corrected chi connectivity index (χ1v) is 12.4. The third-order valence-corrected chi connectivity index (χ3v) is 7.46. The summed E-state index contributed by atoms with van der Waals surface area (Å²) >= 11 is 3.12. The Labute approximate surface area is 200 Å². The minimum absolute atomic E-state index is 0.0159. The van der Waals surface area contributed by atoms with Crippen molar-refractivity contribution in [2.45, 2.75) is 31.2 Å². The number of carbonyl (C=O) groups is 1. The molecule has 0 saturated heterocycles. The number of rotatable bonds is 9. The second-order valence-corrected chi connectivity index (χ2v) is 9.65. The van der Waals surface area contributed by atoms with E-state index in [4.69, 9.17) is 9.72 Å². The van der Waals surface area contributed by atoms with Gasteiger partial charge < -0.3 is 4.74 Å². The second kappa shape index (κ2) is 10.8. The van der Waals surface area contributed by atoms with Crippen LogP contribution in [0.5, 0.6) is 5.75 Å². The van der Waals surface area contributed by atoms with Crippen LogP contribution in [0.25, 0.3) is 10.2 Å². The van der Waals surface area contributed by atoms with Crippen LogP contribution in [0.4, 0.5) is 9.52 Å². The van der Waals surface area contributed by atoms with Crippen molar-refractivity contribution in [3.8, 4) is 5.75 Å². The summed E-state index contributed by atoms with van der Waals surface area (Å²) in [5.41, 5.74) is 2.86. The van der Waals surface area contributed by atoms with Crippen LogP contribution in [0.3, 0.4) is 0 Å². The molecule has 5 nitrogen and oxygen atoms in total. The Morgan fingerprint density at radius 2 is 1.88 bits per heavy atom. The summed E-state index contributed by atoms with van der Waals surface area (Å²) in [6.45, 7) is 2.46. The zero-order valence-electron chi connectivity index (χ0n) is 18.5. The Morgan fingerprint density at radius 1 is 1.12 bits per heavy atom. The molecule has 2 aromatic carbocycles. The fourth-order valence-corrected chi connectivity index (χ4v) is 5.31. The predicted molar refractivity (Wildman–Crippen MR) is 133 cm³/mol. The van der Waals surface area contributed by atoms with E-state index in [2.05, 4.69) is 4.98 Å². The Morgan fingerprint density at radius 3 is 2.61 bits per heavy atom. The van der Waals surface area contributed by atoms with Gasteiger partial charge in [0.25, 0.3) is 0 Å². The third kappa shape index (κ3) is 5.69. The molecule has 33 heavy (non-hydrogen) atoms. The first-order valence-electron chi connectivity index (χ1n) is 10.6. The van der Waals surface area contributed by atoms with Gasteiger partial charge in [0.15, 0.2) is 5.13 Å². The Balaban J connectivity index is 1.52. The number of aromatic nitrogens is 2. The highest BCUT2D eigenvalue weighted by atomic mass is 32.2. The maximum Gasteiger partial charge on any atom is 0.229 e. The molecule has 0 radical (unpaired) electrons. The van der Waals surface area contributed by atoms with E-state index < -0.39 is 0 Å². The first kappa shape index (κ1) is 23.2. The minimum Gasteiger partial charge on any atom is -0.494 e. The molecule has 0 N–H and O–H groups in total. The van der Waals surface area contributed by atoms with Gasteiger partial charge in [0.05, 0.1) is 18.4 Å². The van der Waals surface area contributed by atoms with Gasteiger partial charge in [-0.05, 0) is 72.7 Å². The fraction of sp³-hybridized carbons (Fsp3) is 0.240. The van der Waals surface area contributed by atoms with E-state index in [1.165, 1.54) is 23.5 Å². The number of amides is 1. The number of aryl methyl sites for hydroxylation is 1. The van der Waals surface area contributed by atoms with Gasteiger partial charge in [-0.2, -0.15) is 0 Å².